The fourth-order valence-corrected chi connectivity index (χ4v) is 3.21. The molecule has 0 unspecified atom stereocenters. The van der Waals surface area contributed by atoms with Gasteiger partial charge in [-0.2, -0.15) is 0 Å². The minimum atomic E-state index is -2.60. The Morgan fingerprint density at radius 1 is 1.00 bits per heavy atom. The van der Waals surface area contributed by atoms with Crippen LogP contribution in [0.25, 0.3) is 11.1 Å². The Kier molecular flexibility index (Phi) is 4.34. The summed E-state index contributed by atoms with van der Waals surface area (Å²) in [5.41, 5.74) is 4.49. The number of carbonyl (C=O) groups excluding carboxylic acids is 1. The average molecular weight is 288 g/mol. The van der Waals surface area contributed by atoms with Crippen molar-refractivity contribution in [3.05, 3.63) is 58.7 Å². The van der Waals surface area contributed by atoms with Crippen LogP contribution in [-0.4, -0.2) is 15.3 Å². The molecule has 0 aromatic heterocycles. The number of carbonyl (C=O) groups is 1. The first-order valence-corrected chi connectivity index (χ1v) is 7.56. The van der Waals surface area contributed by atoms with Gasteiger partial charge in [0, 0.05) is 5.56 Å². The lowest BCUT2D eigenvalue weighted by Gasteiger charge is -2.17. The topological polar surface area (TPSA) is 57.5 Å². The molecule has 0 aliphatic carbocycles. The van der Waals surface area contributed by atoms with Gasteiger partial charge < -0.3 is 9.79 Å². The second-order valence-corrected chi connectivity index (χ2v) is 5.83. The highest BCUT2D eigenvalue weighted by Crippen LogP contribution is 2.37. The third-order valence-electron chi connectivity index (χ3n) is 3.43. The number of hydrogen-bond acceptors (Lipinski definition) is 3. The van der Waals surface area contributed by atoms with Crippen molar-refractivity contribution in [3.8, 4) is 11.1 Å². The summed E-state index contributed by atoms with van der Waals surface area (Å²) in [4.78, 5) is 30.5. The molecule has 2 N–H and O–H groups in total. The lowest BCUT2D eigenvalue weighted by atomic mass is 9.90. The quantitative estimate of drug-likeness (QED) is 0.846. The monoisotopic (exact) mass is 288 g/mol. The van der Waals surface area contributed by atoms with Gasteiger partial charge in [0.2, 0.25) is 13.9 Å². The highest BCUT2D eigenvalue weighted by Gasteiger charge is 2.22. The maximum absolute atomic E-state index is 12.0. The zero-order valence-corrected chi connectivity index (χ0v) is 12.6. The minimum absolute atomic E-state index is 0.422. The van der Waals surface area contributed by atoms with Crippen LogP contribution < -0.4 is 0 Å². The molecule has 20 heavy (non-hydrogen) atoms. The van der Waals surface area contributed by atoms with Crippen LogP contribution in [0.2, 0.25) is 0 Å². The van der Waals surface area contributed by atoms with Crippen LogP contribution in [0.15, 0.2) is 36.4 Å². The molecule has 0 bridgehead atoms. The number of hydrogen-bond donors (Lipinski definition) is 2. The molecule has 4 heteroatoms. The van der Waals surface area contributed by atoms with E-state index >= 15 is 0 Å². The van der Waals surface area contributed by atoms with Crippen molar-refractivity contribution in [2.45, 2.75) is 20.8 Å². The Bertz CT molecular complexity index is 649. The normalized spacial score (nSPS) is 10.9. The fraction of sp³-hybridized carbons (Fsp3) is 0.188. The Morgan fingerprint density at radius 3 is 2.15 bits per heavy atom. The Hall–Kier alpha value is -1.54. The second-order valence-electron chi connectivity index (χ2n) is 4.85. The van der Waals surface area contributed by atoms with Crippen molar-refractivity contribution in [2.75, 3.05) is 0 Å². The number of aryl methyl sites for hydroxylation is 2. The van der Waals surface area contributed by atoms with Gasteiger partial charge in [0.05, 0.1) is 0 Å². The van der Waals surface area contributed by atoms with Gasteiger partial charge in [-0.05, 0) is 48.6 Å². The van der Waals surface area contributed by atoms with Crippen LogP contribution in [0.5, 0.6) is 0 Å². The van der Waals surface area contributed by atoms with Gasteiger partial charge >= 0.3 is 0 Å². The lowest BCUT2D eigenvalue weighted by Crippen LogP contribution is -2.05. The van der Waals surface area contributed by atoms with Crippen LogP contribution in [0.1, 0.15) is 27.0 Å². The van der Waals surface area contributed by atoms with Crippen molar-refractivity contribution in [1.29, 1.82) is 0 Å². The molecule has 0 radical (unpaired) electrons. The molecule has 2 aromatic carbocycles. The predicted octanol–water partition coefficient (Wildman–Crippen LogP) is 3.72. The zero-order chi connectivity index (χ0) is 14.9. The SMILES string of the molecule is Cc1cc(C)c(-c2ccccc2)c(C)c1C(=O)P(O)O. The first-order valence-electron chi connectivity index (χ1n) is 6.32. The van der Waals surface area contributed by atoms with Gasteiger partial charge in [0.1, 0.15) is 0 Å². The van der Waals surface area contributed by atoms with Gasteiger partial charge in [-0.3, -0.25) is 4.79 Å². The van der Waals surface area contributed by atoms with E-state index in [2.05, 4.69) is 0 Å². The van der Waals surface area contributed by atoms with Gasteiger partial charge in [0.15, 0.2) is 0 Å². The van der Waals surface area contributed by atoms with E-state index in [0.29, 0.717) is 5.56 Å². The highest BCUT2D eigenvalue weighted by molar-refractivity contribution is 7.65. The standard InChI is InChI=1S/C16H17O3P/c1-10-9-11(2)15(16(17)20(18)19)12(3)14(10)13-7-5-4-6-8-13/h4-9,18-19H,1-3H3. The van der Waals surface area contributed by atoms with E-state index < -0.39 is 13.9 Å². The molecule has 2 rings (SSSR count). The second kappa shape index (κ2) is 5.84. The first-order chi connectivity index (χ1) is 9.43. The maximum Gasteiger partial charge on any atom is 0.243 e. The van der Waals surface area contributed by atoms with Crippen LogP contribution in [0.4, 0.5) is 0 Å². The molecular formula is C16H17O3P. The lowest BCUT2D eigenvalue weighted by molar-refractivity contribution is 0.105. The number of benzene rings is 2. The average Bonchev–Trinajstić information content (AvgIpc) is 2.39. The summed E-state index contributed by atoms with van der Waals surface area (Å²) >= 11 is 0. The van der Waals surface area contributed by atoms with E-state index in [4.69, 9.17) is 0 Å². The summed E-state index contributed by atoms with van der Waals surface area (Å²) in [6.45, 7) is 5.67. The van der Waals surface area contributed by atoms with Gasteiger partial charge in [-0.15, -0.1) is 0 Å². The van der Waals surface area contributed by atoms with Gasteiger partial charge in [0.25, 0.3) is 0 Å². The Morgan fingerprint density at radius 2 is 1.60 bits per heavy atom. The van der Waals surface area contributed by atoms with Gasteiger partial charge in [-0.25, -0.2) is 0 Å². The molecular weight excluding hydrogens is 271 g/mol. The van der Waals surface area contributed by atoms with E-state index in [-0.39, 0.29) is 0 Å². The van der Waals surface area contributed by atoms with E-state index in [1.807, 2.05) is 57.2 Å². The molecule has 0 atom stereocenters. The first kappa shape index (κ1) is 14.9. The summed E-state index contributed by atoms with van der Waals surface area (Å²) in [6.07, 6.45) is 0. The van der Waals surface area contributed by atoms with E-state index in [0.717, 1.165) is 27.8 Å². The smallest absolute Gasteiger partial charge is 0.243 e. The van der Waals surface area contributed by atoms with Crippen molar-refractivity contribution in [2.24, 2.45) is 0 Å². The third kappa shape index (κ3) is 2.66. The molecule has 3 nitrogen and oxygen atoms in total. The fourth-order valence-electron chi connectivity index (χ4n) is 2.66. The molecule has 0 saturated carbocycles. The highest BCUT2D eigenvalue weighted by atomic mass is 31.2. The Balaban J connectivity index is 2.71. The van der Waals surface area contributed by atoms with Crippen molar-refractivity contribution < 1.29 is 14.6 Å². The van der Waals surface area contributed by atoms with Crippen LogP contribution in [0, 0.1) is 20.8 Å². The molecule has 0 saturated heterocycles. The summed E-state index contributed by atoms with van der Waals surface area (Å²) < 4.78 is 0. The van der Waals surface area contributed by atoms with Crippen LogP contribution >= 0.6 is 8.38 Å². The van der Waals surface area contributed by atoms with Crippen molar-refractivity contribution in [3.63, 3.8) is 0 Å². The summed E-state index contributed by atoms with van der Waals surface area (Å²) in [7, 11) is -2.60. The minimum Gasteiger partial charge on any atom is -0.344 e. The van der Waals surface area contributed by atoms with E-state index in [1.54, 1.807) is 0 Å². The maximum atomic E-state index is 12.0. The Labute approximate surface area is 119 Å². The van der Waals surface area contributed by atoms with Crippen LogP contribution in [0.3, 0.4) is 0 Å². The molecule has 0 heterocycles. The van der Waals surface area contributed by atoms with Gasteiger partial charge in [-0.1, -0.05) is 36.4 Å². The predicted molar refractivity (Wildman–Crippen MR) is 81.8 cm³/mol. The van der Waals surface area contributed by atoms with Crippen molar-refractivity contribution in [1.82, 2.24) is 0 Å². The largest absolute Gasteiger partial charge is 0.344 e. The van der Waals surface area contributed by atoms with Crippen LogP contribution in [-0.2, 0) is 0 Å². The van der Waals surface area contributed by atoms with E-state index in [1.165, 1.54) is 0 Å². The molecule has 0 aliphatic rings. The molecule has 0 amide bonds. The summed E-state index contributed by atoms with van der Waals surface area (Å²) in [6, 6.07) is 11.7. The molecule has 104 valence electrons. The molecule has 0 aliphatic heterocycles. The summed E-state index contributed by atoms with van der Waals surface area (Å²) in [5, 5.41) is 0. The summed E-state index contributed by atoms with van der Waals surface area (Å²) in [5.74, 6) is 0. The molecule has 0 fully saturated rings. The third-order valence-corrected chi connectivity index (χ3v) is 4.02. The molecule has 0 spiro atoms. The van der Waals surface area contributed by atoms with Crippen molar-refractivity contribution >= 4 is 13.9 Å². The molecule has 2 aromatic rings. The number of rotatable bonds is 3. The zero-order valence-electron chi connectivity index (χ0n) is 11.7. The van der Waals surface area contributed by atoms with E-state index in [9.17, 15) is 14.6 Å².